The van der Waals surface area contributed by atoms with Gasteiger partial charge in [0.05, 0.1) is 0 Å². The summed E-state index contributed by atoms with van der Waals surface area (Å²) in [6, 6.07) is 0. The van der Waals surface area contributed by atoms with Crippen molar-refractivity contribution in [1.29, 1.82) is 0 Å². The molecule has 0 amide bonds. The second-order valence-corrected chi connectivity index (χ2v) is 6.43. The Morgan fingerprint density at radius 2 is 1.96 bits per heavy atom. The van der Waals surface area contributed by atoms with Crippen LogP contribution in [0.4, 0.5) is 0 Å². The fourth-order valence-corrected chi connectivity index (χ4v) is 3.93. The Hall–Kier alpha value is -2.10. The van der Waals surface area contributed by atoms with Crippen molar-refractivity contribution in [2.24, 2.45) is 5.92 Å². The van der Waals surface area contributed by atoms with Crippen LogP contribution in [0.5, 0.6) is 0 Å². The minimum atomic E-state index is -1.04. The monoisotopic (exact) mass is 314 g/mol. The van der Waals surface area contributed by atoms with Gasteiger partial charge in [0.1, 0.15) is 5.58 Å². The standard InChI is InChI=1S/C19H22O4/c1-5-7-11-8-13-14(16(11)20)9(3)10(4)17-15(13)12(6-2)18(23-17)19(21)22/h11H,5-8H2,1-4H3,(H,21,22). The van der Waals surface area contributed by atoms with Gasteiger partial charge < -0.3 is 9.52 Å². The van der Waals surface area contributed by atoms with Gasteiger partial charge in [-0.2, -0.15) is 0 Å². The molecular formula is C19H22O4. The number of fused-ring (bicyclic) bond motifs is 3. The number of carbonyl (C=O) groups is 2. The van der Waals surface area contributed by atoms with E-state index in [-0.39, 0.29) is 17.5 Å². The lowest BCUT2D eigenvalue weighted by Gasteiger charge is -2.09. The summed E-state index contributed by atoms with van der Waals surface area (Å²) in [5.41, 5.74) is 4.98. The van der Waals surface area contributed by atoms with Crippen LogP contribution < -0.4 is 0 Å². The van der Waals surface area contributed by atoms with Crippen molar-refractivity contribution in [3.63, 3.8) is 0 Å². The minimum absolute atomic E-state index is 0.0183. The molecule has 1 N–H and O–H groups in total. The number of carboxylic acid groups (broad SMARTS) is 1. The molecule has 23 heavy (non-hydrogen) atoms. The van der Waals surface area contributed by atoms with E-state index in [2.05, 4.69) is 6.92 Å². The largest absolute Gasteiger partial charge is 0.475 e. The predicted octanol–water partition coefficient (Wildman–Crippen LogP) is 4.47. The zero-order chi connectivity index (χ0) is 16.9. The van der Waals surface area contributed by atoms with E-state index < -0.39 is 5.97 Å². The molecule has 0 spiro atoms. The molecule has 0 saturated heterocycles. The number of Topliss-reactive ketones (excluding diaryl/α,β-unsaturated/α-hetero) is 1. The summed E-state index contributed by atoms with van der Waals surface area (Å²) in [7, 11) is 0. The second kappa shape index (κ2) is 5.52. The predicted molar refractivity (Wildman–Crippen MR) is 88.5 cm³/mol. The van der Waals surface area contributed by atoms with E-state index in [0.29, 0.717) is 18.4 Å². The van der Waals surface area contributed by atoms with E-state index in [1.54, 1.807) is 0 Å². The summed E-state index contributed by atoms with van der Waals surface area (Å²) >= 11 is 0. The Labute approximate surface area is 135 Å². The quantitative estimate of drug-likeness (QED) is 0.904. The molecule has 1 unspecified atom stereocenters. The maximum atomic E-state index is 12.8. The third kappa shape index (κ3) is 2.12. The third-order valence-electron chi connectivity index (χ3n) is 5.14. The molecule has 0 bridgehead atoms. The number of hydrogen-bond acceptors (Lipinski definition) is 3. The molecule has 4 heteroatoms. The number of benzene rings is 1. The fraction of sp³-hybridized carbons (Fsp3) is 0.474. The van der Waals surface area contributed by atoms with Gasteiger partial charge in [0, 0.05) is 22.4 Å². The maximum absolute atomic E-state index is 12.8. The zero-order valence-electron chi connectivity index (χ0n) is 14.1. The van der Waals surface area contributed by atoms with E-state index in [1.165, 1.54) is 0 Å². The van der Waals surface area contributed by atoms with Crippen molar-refractivity contribution < 1.29 is 19.1 Å². The number of carboxylic acids is 1. The molecule has 1 aromatic heterocycles. The van der Waals surface area contributed by atoms with Crippen LogP contribution in [0.3, 0.4) is 0 Å². The molecule has 122 valence electrons. The smallest absolute Gasteiger partial charge is 0.372 e. The van der Waals surface area contributed by atoms with Gasteiger partial charge in [0.15, 0.2) is 5.78 Å². The molecular weight excluding hydrogens is 292 g/mol. The van der Waals surface area contributed by atoms with Crippen LogP contribution in [0.2, 0.25) is 0 Å². The highest BCUT2D eigenvalue weighted by molar-refractivity contribution is 6.10. The summed E-state index contributed by atoms with van der Waals surface area (Å²) in [6.45, 7) is 7.86. The van der Waals surface area contributed by atoms with Gasteiger partial charge >= 0.3 is 5.97 Å². The van der Waals surface area contributed by atoms with Crippen LogP contribution in [-0.4, -0.2) is 16.9 Å². The maximum Gasteiger partial charge on any atom is 0.372 e. The van der Waals surface area contributed by atoms with Crippen molar-refractivity contribution in [3.05, 3.63) is 33.6 Å². The zero-order valence-corrected chi connectivity index (χ0v) is 14.1. The number of furan rings is 1. The van der Waals surface area contributed by atoms with Crippen molar-refractivity contribution in [2.45, 2.75) is 53.4 Å². The molecule has 0 fully saturated rings. The molecule has 0 saturated carbocycles. The van der Waals surface area contributed by atoms with E-state index in [9.17, 15) is 14.7 Å². The van der Waals surface area contributed by atoms with Crippen LogP contribution >= 0.6 is 0 Å². The number of ketones is 1. The molecule has 1 atom stereocenters. The number of carbonyl (C=O) groups excluding carboxylic acids is 1. The third-order valence-corrected chi connectivity index (χ3v) is 5.14. The van der Waals surface area contributed by atoms with Gasteiger partial charge in [-0.1, -0.05) is 20.3 Å². The topological polar surface area (TPSA) is 67.5 Å². The van der Waals surface area contributed by atoms with Crippen LogP contribution in [0, 0.1) is 19.8 Å². The highest BCUT2D eigenvalue weighted by Crippen LogP contribution is 2.42. The highest BCUT2D eigenvalue weighted by atomic mass is 16.4. The number of hydrogen-bond donors (Lipinski definition) is 1. The Morgan fingerprint density at radius 1 is 1.26 bits per heavy atom. The Morgan fingerprint density at radius 3 is 2.52 bits per heavy atom. The minimum Gasteiger partial charge on any atom is -0.475 e. The van der Waals surface area contributed by atoms with Crippen LogP contribution in [-0.2, 0) is 12.8 Å². The molecule has 0 aliphatic heterocycles. The van der Waals surface area contributed by atoms with Gasteiger partial charge in [-0.05, 0) is 49.8 Å². The summed E-state index contributed by atoms with van der Waals surface area (Å²) in [6.07, 6.45) is 3.12. The van der Waals surface area contributed by atoms with Crippen LogP contribution in [0.1, 0.15) is 69.9 Å². The average Bonchev–Trinajstić information content (AvgIpc) is 3.04. The van der Waals surface area contributed by atoms with Crippen molar-refractivity contribution in [1.82, 2.24) is 0 Å². The van der Waals surface area contributed by atoms with E-state index in [4.69, 9.17) is 4.42 Å². The molecule has 4 nitrogen and oxygen atoms in total. The van der Waals surface area contributed by atoms with Crippen molar-refractivity contribution >= 4 is 22.7 Å². The molecule has 0 radical (unpaired) electrons. The number of aryl methyl sites for hydroxylation is 2. The average molecular weight is 314 g/mol. The van der Waals surface area contributed by atoms with E-state index >= 15 is 0 Å². The highest BCUT2D eigenvalue weighted by Gasteiger charge is 2.36. The normalized spacial score (nSPS) is 17.0. The second-order valence-electron chi connectivity index (χ2n) is 6.43. The lowest BCUT2D eigenvalue weighted by molar-refractivity contribution is 0.0663. The van der Waals surface area contributed by atoms with Gasteiger partial charge in [-0.25, -0.2) is 4.79 Å². The molecule has 1 aliphatic rings. The lowest BCUT2D eigenvalue weighted by Crippen LogP contribution is -2.09. The summed E-state index contributed by atoms with van der Waals surface area (Å²) in [5.74, 6) is -0.792. The SMILES string of the molecule is CCCC1Cc2c(c(C)c(C)c3oc(C(=O)O)c(CC)c23)C1=O. The Bertz CT molecular complexity index is 826. The number of aromatic carboxylic acids is 1. The molecule has 1 aliphatic carbocycles. The molecule has 2 aromatic rings. The Kier molecular flexibility index (Phi) is 3.78. The van der Waals surface area contributed by atoms with Crippen molar-refractivity contribution in [2.75, 3.05) is 0 Å². The Balaban J connectivity index is 2.38. The summed E-state index contributed by atoms with van der Waals surface area (Å²) in [4.78, 5) is 24.3. The first-order valence-corrected chi connectivity index (χ1v) is 8.27. The van der Waals surface area contributed by atoms with Gasteiger partial charge in [0.2, 0.25) is 5.76 Å². The molecule has 3 rings (SSSR count). The van der Waals surface area contributed by atoms with Crippen LogP contribution in [0.25, 0.3) is 11.0 Å². The van der Waals surface area contributed by atoms with Gasteiger partial charge in [0.25, 0.3) is 0 Å². The molecule has 1 aromatic carbocycles. The van der Waals surface area contributed by atoms with Crippen LogP contribution in [0.15, 0.2) is 4.42 Å². The van der Waals surface area contributed by atoms with E-state index in [1.807, 2.05) is 20.8 Å². The van der Waals surface area contributed by atoms with Gasteiger partial charge in [-0.3, -0.25) is 4.79 Å². The fourth-order valence-electron chi connectivity index (χ4n) is 3.93. The number of rotatable bonds is 4. The lowest BCUT2D eigenvalue weighted by atomic mass is 9.93. The van der Waals surface area contributed by atoms with Gasteiger partial charge in [-0.15, -0.1) is 0 Å². The molecule has 1 heterocycles. The van der Waals surface area contributed by atoms with Crippen molar-refractivity contribution in [3.8, 4) is 0 Å². The summed E-state index contributed by atoms with van der Waals surface area (Å²) < 4.78 is 5.71. The van der Waals surface area contributed by atoms with E-state index in [0.717, 1.165) is 46.0 Å². The first kappa shape index (κ1) is 15.8. The summed E-state index contributed by atoms with van der Waals surface area (Å²) in [5, 5.41) is 10.3. The first-order chi connectivity index (χ1) is 10.9. The first-order valence-electron chi connectivity index (χ1n) is 8.27.